The first-order chi connectivity index (χ1) is 10.3. The molecule has 1 aromatic carbocycles. The third-order valence-electron chi connectivity index (χ3n) is 3.07. The number of furan rings is 1. The van der Waals surface area contributed by atoms with E-state index in [-0.39, 0.29) is 0 Å². The summed E-state index contributed by atoms with van der Waals surface area (Å²) >= 11 is 1.56. The molecule has 0 unspecified atom stereocenters. The maximum absolute atomic E-state index is 5.28. The molecule has 106 valence electrons. The van der Waals surface area contributed by atoms with Gasteiger partial charge in [-0.1, -0.05) is 29.8 Å². The zero-order valence-electron chi connectivity index (χ0n) is 11.9. The molecule has 0 aliphatic rings. The van der Waals surface area contributed by atoms with Gasteiger partial charge in [0.2, 0.25) is 4.80 Å². The second-order valence-corrected chi connectivity index (χ2v) is 5.40. The van der Waals surface area contributed by atoms with Crippen molar-refractivity contribution in [3.05, 3.63) is 64.2 Å². The maximum atomic E-state index is 5.28. The fourth-order valence-electron chi connectivity index (χ4n) is 1.96. The molecule has 3 rings (SSSR count). The molecular weight excluding hydrogens is 282 g/mol. The van der Waals surface area contributed by atoms with E-state index in [1.165, 1.54) is 5.56 Å². The highest BCUT2D eigenvalue weighted by molar-refractivity contribution is 7.07. The van der Waals surface area contributed by atoms with Crippen LogP contribution in [-0.4, -0.2) is 17.9 Å². The van der Waals surface area contributed by atoms with E-state index in [2.05, 4.69) is 46.7 Å². The van der Waals surface area contributed by atoms with Crippen molar-refractivity contribution in [1.82, 2.24) is 4.68 Å². The van der Waals surface area contributed by atoms with Crippen LogP contribution in [0.25, 0.3) is 11.3 Å². The molecular formula is C16H15N3OS. The number of aromatic nitrogens is 1. The van der Waals surface area contributed by atoms with Gasteiger partial charge in [0.15, 0.2) is 0 Å². The Bertz CT molecular complexity index is 808. The lowest BCUT2D eigenvalue weighted by Gasteiger charge is -2.03. The summed E-state index contributed by atoms with van der Waals surface area (Å²) in [6.45, 7) is 2.08. The lowest BCUT2D eigenvalue weighted by Crippen LogP contribution is -2.11. The third kappa shape index (κ3) is 2.87. The Labute approximate surface area is 126 Å². The average molecular weight is 297 g/mol. The van der Waals surface area contributed by atoms with Gasteiger partial charge in [0, 0.05) is 18.0 Å². The van der Waals surface area contributed by atoms with E-state index in [9.17, 15) is 0 Å². The van der Waals surface area contributed by atoms with Gasteiger partial charge in [0.25, 0.3) is 0 Å². The first-order valence-electron chi connectivity index (χ1n) is 6.56. The van der Waals surface area contributed by atoms with E-state index in [1.807, 2.05) is 16.8 Å². The van der Waals surface area contributed by atoms with Crippen molar-refractivity contribution >= 4 is 17.6 Å². The predicted octanol–water partition coefficient (Wildman–Crippen LogP) is 3.53. The van der Waals surface area contributed by atoms with Gasteiger partial charge in [-0.25, -0.2) is 4.68 Å². The highest BCUT2D eigenvalue weighted by Crippen LogP contribution is 2.20. The summed E-state index contributed by atoms with van der Waals surface area (Å²) in [7, 11) is 1.77. The number of nitrogens with zero attached hydrogens (tertiary/aromatic N) is 3. The summed E-state index contributed by atoms with van der Waals surface area (Å²) in [5.74, 6) is 0.714. The van der Waals surface area contributed by atoms with E-state index >= 15 is 0 Å². The SMILES string of the molecule is CN=c1scc(-c2ccc(C)cc2)n1N=Cc1ccco1. The second-order valence-electron chi connectivity index (χ2n) is 4.56. The van der Waals surface area contributed by atoms with Crippen molar-refractivity contribution in [2.75, 3.05) is 7.05 Å². The molecule has 2 aromatic heterocycles. The van der Waals surface area contributed by atoms with E-state index in [1.54, 1.807) is 30.9 Å². The highest BCUT2D eigenvalue weighted by Gasteiger charge is 2.06. The molecule has 0 amide bonds. The quantitative estimate of drug-likeness (QED) is 0.682. The van der Waals surface area contributed by atoms with Crippen LogP contribution in [0.1, 0.15) is 11.3 Å². The number of hydrogen-bond donors (Lipinski definition) is 0. The van der Waals surface area contributed by atoms with E-state index in [0.29, 0.717) is 5.76 Å². The Kier molecular flexibility index (Phi) is 3.83. The Morgan fingerprint density at radius 1 is 1.19 bits per heavy atom. The minimum absolute atomic E-state index is 0.714. The molecule has 0 aliphatic carbocycles. The molecule has 0 spiro atoms. The van der Waals surface area contributed by atoms with Crippen molar-refractivity contribution in [1.29, 1.82) is 0 Å². The van der Waals surface area contributed by atoms with Crippen LogP contribution in [0.5, 0.6) is 0 Å². The fourth-order valence-corrected chi connectivity index (χ4v) is 2.77. The molecule has 0 N–H and O–H groups in total. The lowest BCUT2D eigenvalue weighted by atomic mass is 10.1. The average Bonchev–Trinajstić information content (AvgIpc) is 3.15. The van der Waals surface area contributed by atoms with Gasteiger partial charge in [-0.3, -0.25) is 4.99 Å². The zero-order valence-corrected chi connectivity index (χ0v) is 12.7. The fraction of sp³-hybridized carbons (Fsp3) is 0.125. The zero-order chi connectivity index (χ0) is 14.7. The Hall–Kier alpha value is -2.40. The van der Waals surface area contributed by atoms with Gasteiger partial charge in [0.05, 0.1) is 18.2 Å². The number of aryl methyl sites for hydroxylation is 1. The Balaban J connectivity index is 2.06. The predicted molar refractivity (Wildman–Crippen MR) is 85.7 cm³/mol. The van der Waals surface area contributed by atoms with Crippen molar-refractivity contribution in [3.63, 3.8) is 0 Å². The minimum Gasteiger partial charge on any atom is -0.463 e. The Morgan fingerprint density at radius 3 is 2.67 bits per heavy atom. The number of thiazole rings is 1. The van der Waals surface area contributed by atoms with Gasteiger partial charge in [0.1, 0.15) is 5.76 Å². The molecule has 0 aliphatic heterocycles. The van der Waals surface area contributed by atoms with Crippen LogP contribution in [-0.2, 0) is 0 Å². The molecule has 0 saturated heterocycles. The maximum Gasteiger partial charge on any atom is 0.205 e. The summed E-state index contributed by atoms with van der Waals surface area (Å²) in [6.07, 6.45) is 3.32. The normalized spacial score (nSPS) is 12.4. The molecule has 4 nitrogen and oxygen atoms in total. The van der Waals surface area contributed by atoms with Gasteiger partial charge in [-0.15, -0.1) is 11.3 Å². The summed E-state index contributed by atoms with van der Waals surface area (Å²) in [5, 5.41) is 6.55. The summed E-state index contributed by atoms with van der Waals surface area (Å²) in [4.78, 5) is 5.11. The molecule has 0 atom stereocenters. The lowest BCUT2D eigenvalue weighted by molar-refractivity contribution is 0.559. The standard InChI is InChI=1S/C16H15N3OS/c1-12-5-7-13(8-6-12)15-11-21-16(17-2)19(15)18-10-14-4-3-9-20-14/h3-11H,1-2H3. The van der Waals surface area contributed by atoms with Crippen LogP contribution in [0.3, 0.4) is 0 Å². The van der Waals surface area contributed by atoms with Crippen LogP contribution in [0.2, 0.25) is 0 Å². The van der Waals surface area contributed by atoms with Crippen LogP contribution in [0.15, 0.2) is 62.6 Å². The van der Waals surface area contributed by atoms with Crippen molar-refractivity contribution in [2.45, 2.75) is 6.92 Å². The third-order valence-corrected chi connectivity index (χ3v) is 3.98. The largest absolute Gasteiger partial charge is 0.463 e. The second kappa shape index (κ2) is 5.93. The molecule has 21 heavy (non-hydrogen) atoms. The number of hydrogen-bond acceptors (Lipinski definition) is 4. The smallest absolute Gasteiger partial charge is 0.205 e. The van der Waals surface area contributed by atoms with E-state index < -0.39 is 0 Å². The van der Waals surface area contributed by atoms with Crippen molar-refractivity contribution in [2.24, 2.45) is 10.1 Å². The molecule has 0 fully saturated rings. The van der Waals surface area contributed by atoms with Gasteiger partial charge in [-0.2, -0.15) is 5.10 Å². The first kappa shape index (κ1) is 13.6. The summed E-state index contributed by atoms with van der Waals surface area (Å²) < 4.78 is 7.11. The van der Waals surface area contributed by atoms with Gasteiger partial charge >= 0.3 is 0 Å². The van der Waals surface area contributed by atoms with Crippen LogP contribution in [0, 0.1) is 6.92 Å². The number of rotatable bonds is 3. The molecule has 0 bridgehead atoms. The topological polar surface area (TPSA) is 42.8 Å². The highest BCUT2D eigenvalue weighted by atomic mass is 32.1. The molecule has 2 heterocycles. The number of benzene rings is 1. The first-order valence-corrected chi connectivity index (χ1v) is 7.44. The van der Waals surface area contributed by atoms with Gasteiger partial charge < -0.3 is 4.42 Å². The molecule has 3 aromatic rings. The van der Waals surface area contributed by atoms with Crippen LogP contribution in [0.4, 0.5) is 0 Å². The molecule has 0 saturated carbocycles. The van der Waals surface area contributed by atoms with Crippen molar-refractivity contribution < 1.29 is 4.42 Å². The van der Waals surface area contributed by atoms with Crippen molar-refractivity contribution in [3.8, 4) is 11.3 Å². The molecule has 5 heteroatoms. The Morgan fingerprint density at radius 2 is 2.00 bits per heavy atom. The molecule has 0 radical (unpaired) electrons. The van der Waals surface area contributed by atoms with Crippen LogP contribution < -0.4 is 4.80 Å². The van der Waals surface area contributed by atoms with Crippen LogP contribution >= 0.6 is 11.3 Å². The minimum atomic E-state index is 0.714. The summed E-state index contributed by atoms with van der Waals surface area (Å²) in [6, 6.07) is 12.1. The van der Waals surface area contributed by atoms with E-state index in [0.717, 1.165) is 16.1 Å². The van der Waals surface area contributed by atoms with E-state index in [4.69, 9.17) is 4.42 Å². The summed E-state index contributed by atoms with van der Waals surface area (Å²) in [5.41, 5.74) is 3.37. The van der Waals surface area contributed by atoms with Gasteiger partial charge in [-0.05, 0) is 19.1 Å². The monoisotopic (exact) mass is 297 g/mol.